The van der Waals surface area contributed by atoms with Gasteiger partial charge in [0.15, 0.2) is 0 Å². The Labute approximate surface area is 81.4 Å². The molecule has 1 aliphatic rings. The molecule has 14 heavy (non-hydrogen) atoms. The maximum absolute atomic E-state index is 11.3. The van der Waals surface area contributed by atoms with Gasteiger partial charge in [0.05, 0.1) is 13.2 Å². The van der Waals surface area contributed by atoms with Crippen molar-refractivity contribution in [1.29, 1.82) is 0 Å². The number of morpholine rings is 1. The van der Waals surface area contributed by atoms with Crippen LogP contribution < -0.4 is 0 Å². The van der Waals surface area contributed by atoms with Crippen LogP contribution in [-0.2, 0) is 19.1 Å². The van der Waals surface area contributed by atoms with Crippen LogP contribution >= 0.6 is 0 Å². The molecule has 1 N–H and O–H groups in total. The Morgan fingerprint density at radius 3 is 2.50 bits per heavy atom. The summed E-state index contributed by atoms with van der Waals surface area (Å²) in [4.78, 5) is 23.0. The second-order valence-corrected chi connectivity index (χ2v) is 2.88. The average Bonchev–Trinajstić information content (AvgIpc) is 2.18. The zero-order valence-corrected chi connectivity index (χ0v) is 7.77. The minimum atomic E-state index is -1.07. The van der Waals surface area contributed by atoms with E-state index in [1.54, 1.807) is 4.90 Å². The largest absolute Gasteiger partial charge is 0.480 e. The summed E-state index contributed by atoms with van der Waals surface area (Å²) in [7, 11) is 0. The Balaban J connectivity index is 2.16. The summed E-state index contributed by atoms with van der Waals surface area (Å²) in [5, 5.41) is 8.27. The van der Waals surface area contributed by atoms with E-state index in [2.05, 4.69) is 4.74 Å². The minimum Gasteiger partial charge on any atom is -0.480 e. The van der Waals surface area contributed by atoms with Crippen molar-refractivity contribution in [1.82, 2.24) is 4.90 Å². The van der Waals surface area contributed by atoms with Crippen LogP contribution in [0.4, 0.5) is 0 Å². The van der Waals surface area contributed by atoms with E-state index in [1.165, 1.54) is 0 Å². The fourth-order valence-corrected chi connectivity index (χ4v) is 1.13. The van der Waals surface area contributed by atoms with Crippen LogP contribution in [0.5, 0.6) is 0 Å². The number of rotatable bonds is 4. The first-order valence-corrected chi connectivity index (χ1v) is 4.35. The number of carbonyl (C=O) groups is 2. The van der Waals surface area contributed by atoms with Crippen molar-refractivity contribution in [2.24, 2.45) is 0 Å². The Hall–Kier alpha value is -1.14. The Morgan fingerprint density at radius 1 is 1.29 bits per heavy atom. The number of hydrogen-bond donors (Lipinski definition) is 1. The van der Waals surface area contributed by atoms with E-state index < -0.39 is 12.6 Å². The molecule has 1 saturated heterocycles. The lowest BCUT2D eigenvalue weighted by molar-refractivity contribution is -0.147. The van der Waals surface area contributed by atoms with E-state index in [-0.39, 0.29) is 12.5 Å². The van der Waals surface area contributed by atoms with Crippen molar-refractivity contribution in [3.8, 4) is 0 Å². The first kappa shape index (κ1) is 10.9. The molecule has 0 aromatic carbocycles. The summed E-state index contributed by atoms with van der Waals surface area (Å²) in [6, 6.07) is 0. The van der Waals surface area contributed by atoms with Crippen LogP contribution in [0.15, 0.2) is 0 Å². The molecule has 0 atom stereocenters. The van der Waals surface area contributed by atoms with Crippen LogP contribution in [0.1, 0.15) is 0 Å². The van der Waals surface area contributed by atoms with Crippen LogP contribution in [0.2, 0.25) is 0 Å². The van der Waals surface area contributed by atoms with Crippen molar-refractivity contribution in [2.45, 2.75) is 0 Å². The van der Waals surface area contributed by atoms with Crippen LogP contribution in [0, 0.1) is 0 Å². The fraction of sp³-hybridized carbons (Fsp3) is 0.750. The third-order valence-electron chi connectivity index (χ3n) is 1.81. The lowest BCUT2D eigenvalue weighted by atomic mass is 10.4. The predicted octanol–water partition coefficient (Wildman–Crippen LogP) is -1.05. The molecule has 0 bridgehead atoms. The molecule has 80 valence electrons. The van der Waals surface area contributed by atoms with Gasteiger partial charge in [-0.3, -0.25) is 4.79 Å². The summed E-state index contributed by atoms with van der Waals surface area (Å²) in [5.74, 6) is -1.26. The van der Waals surface area contributed by atoms with Crippen molar-refractivity contribution in [3.63, 3.8) is 0 Å². The van der Waals surface area contributed by atoms with Crippen LogP contribution in [-0.4, -0.2) is 61.4 Å². The van der Waals surface area contributed by atoms with Crippen LogP contribution in [0.3, 0.4) is 0 Å². The molecular weight excluding hydrogens is 190 g/mol. The molecule has 0 aromatic heterocycles. The smallest absolute Gasteiger partial charge is 0.329 e. The maximum Gasteiger partial charge on any atom is 0.329 e. The molecule has 1 aliphatic heterocycles. The normalized spacial score (nSPS) is 16.7. The van der Waals surface area contributed by atoms with Gasteiger partial charge in [0.1, 0.15) is 13.2 Å². The SMILES string of the molecule is O=C(O)COCC(=O)N1CCOCC1. The Bertz CT molecular complexity index is 212. The number of carboxylic acid groups (broad SMARTS) is 1. The number of carboxylic acids is 1. The molecular formula is C8H13NO5. The molecule has 0 radical (unpaired) electrons. The van der Waals surface area contributed by atoms with Crippen LogP contribution in [0.25, 0.3) is 0 Å². The highest BCUT2D eigenvalue weighted by Gasteiger charge is 2.16. The highest BCUT2D eigenvalue weighted by atomic mass is 16.5. The highest BCUT2D eigenvalue weighted by molar-refractivity contribution is 5.78. The van der Waals surface area contributed by atoms with Gasteiger partial charge in [-0.2, -0.15) is 0 Å². The second kappa shape index (κ2) is 5.56. The van der Waals surface area contributed by atoms with E-state index >= 15 is 0 Å². The number of amides is 1. The molecule has 6 heteroatoms. The Morgan fingerprint density at radius 2 is 1.93 bits per heavy atom. The van der Waals surface area contributed by atoms with Gasteiger partial charge in [-0.05, 0) is 0 Å². The molecule has 0 spiro atoms. The standard InChI is InChI=1S/C8H13NO5/c10-7(5-14-6-8(11)12)9-1-3-13-4-2-9/h1-6H2,(H,11,12). The minimum absolute atomic E-state index is 0.174. The number of carbonyl (C=O) groups excluding carboxylic acids is 1. The van der Waals surface area contributed by atoms with Gasteiger partial charge < -0.3 is 19.5 Å². The van der Waals surface area contributed by atoms with Gasteiger partial charge in [0.2, 0.25) is 5.91 Å². The van der Waals surface area contributed by atoms with Gasteiger partial charge in [-0.25, -0.2) is 4.79 Å². The summed E-state index contributed by atoms with van der Waals surface area (Å²) in [6.07, 6.45) is 0. The zero-order chi connectivity index (χ0) is 10.4. The third-order valence-corrected chi connectivity index (χ3v) is 1.81. The van der Waals surface area contributed by atoms with Gasteiger partial charge >= 0.3 is 5.97 Å². The topological polar surface area (TPSA) is 76.1 Å². The summed E-state index contributed by atoms with van der Waals surface area (Å²) >= 11 is 0. The molecule has 6 nitrogen and oxygen atoms in total. The number of ether oxygens (including phenoxy) is 2. The van der Waals surface area contributed by atoms with E-state index in [4.69, 9.17) is 9.84 Å². The quantitative estimate of drug-likeness (QED) is 0.630. The molecule has 0 aromatic rings. The molecule has 1 rings (SSSR count). The molecule has 1 fully saturated rings. The molecule has 1 heterocycles. The maximum atomic E-state index is 11.3. The van der Waals surface area contributed by atoms with E-state index in [0.29, 0.717) is 26.3 Å². The summed E-state index contributed by atoms with van der Waals surface area (Å²) < 4.78 is 9.74. The molecule has 0 unspecified atom stereocenters. The lowest BCUT2D eigenvalue weighted by Gasteiger charge is -2.26. The van der Waals surface area contributed by atoms with Gasteiger partial charge in [-0.15, -0.1) is 0 Å². The zero-order valence-electron chi connectivity index (χ0n) is 7.77. The van der Waals surface area contributed by atoms with Gasteiger partial charge in [0, 0.05) is 13.1 Å². The lowest BCUT2D eigenvalue weighted by Crippen LogP contribution is -2.42. The fourth-order valence-electron chi connectivity index (χ4n) is 1.13. The summed E-state index contributed by atoms with van der Waals surface area (Å²) in [6.45, 7) is 1.56. The van der Waals surface area contributed by atoms with Crippen molar-refractivity contribution < 1.29 is 24.2 Å². The second-order valence-electron chi connectivity index (χ2n) is 2.88. The first-order chi connectivity index (χ1) is 6.70. The average molecular weight is 203 g/mol. The van der Waals surface area contributed by atoms with Gasteiger partial charge in [-0.1, -0.05) is 0 Å². The molecule has 0 aliphatic carbocycles. The number of aliphatic carboxylic acids is 1. The monoisotopic (exact) mass is 203 g/mol. The van der Waals surface area contributed by atoms with Crippen molar-refractivity contribution in [2.75, 3.05) is 39.5 Å². The Kier molecular flexibility index (Phi) is 4.34. The molecule has 0 saturated carbocycles. The number of nitrogens with zero attached hydrogens (tertiary/aromatic N) is 1. The van der Waals surface area contributed by atoms with E-state index in [1.807, 2.05) is 0 Å². The molecule has 1 amide bonds. The summed E-state index contributed by atoms with van der Waals surface area (Å²) in [5.41, 5.74) is 0. The van der Waals surface area contributed by atoms with E-state index in [9.17, 15) is 9.59 Å². The van der Waals surface area contributed by atoms with E-state index in [0.717, 1.165) is 0 Å². The number of hydrogen-bond acceptors (Lipinski definition) is 4. The van der Waals surface area contributed by atoms with Crippen molar-refractivity contribution >= 4 is 11.9 Å². The predicted molar refractivity (Wildman–Crippen MR) is 45.9 cm³/mol. The van der Waals surface area contributed by atoms with Crippen molar-refractivity contribution in [3.05, 3.63) is 0 Å². The highest BCUT2D eigenvalue weighted by Crippen LogP contribution is 1.97. The van der Waals surface area contributed by atoms with Gasteiger partial charge in [0.25, 0.3) is 0 Å². The first-order valence-electron chi connectivity index (χ1n) is 4.35. The third kappa shape index (κ3) is 3.71.